The Morgan fingerprint density at radius 3 is 2.27 bits per heavy atom. The van der Waals surface area contributed by atoms with Crippen LogP contribution in [-0.4, -0.2) is 87.2 Å². The number of methoxy groups -OCH3 is 2. The van der Waals surface area contributed by atoms with Crippen molar-refractivity contribution in [2.24, 2.45) is 0 Å². The van der Waals surface area contributed by atoms with Crippen molar-refractivity contribution in [3.8, 4) is 22.8 Å². The first-order chi connectivity index (χ1) is 19.3. The van der Waals surface area contributed by atoms with E-state index in [1.54, 1.807) is 49.5 Å². The third-order valence-electron chi connectivity index (χ3n) is 7.02. The predicted molar refractivity (Wildman–Crippen MR) is 154 cm³/mol. The van der Waals surface area contributed by atoms with Crippen molar-refractivity contribution < 1.29 is 22.7 Å². The van der Waals surface area contributed by atoms with E-state index in [-0.39, 0.29) is 17.3 Å². The highest BCUT2D eigenvalue weighted by molar-refractivity contribution is 7.89. The molecule has 2 aromatic carbocycles. The maximum atomic E-state index is 13.3. The number of carbonyl (C=O) groups is 1. The van der Waals surface area contributed by atoms with Crippen molar-refractivity contribution in [1.29, 1.82) is 0 Å². The molecule has 40 heavy (non-hydrogen) atoms. The number of aromatic nitrogens is 2. The Morgan fingerprint density at radius 2 is 1.68 bits per heavy atom. The van der Waals surface area contributed by atoms with Gasteiger partial charge in [0.25, 0.3) is 0 Å². The van der Waals surface area contributed by atoms with E-state index in [0.29, 0.717) is 56.3 Å². The van der Waals surface area contributed by atoms with E-state index in [1.165, 1.54) is 4.31 Å². The summed E-state index contributed by atoms with van der Waals surface area (Å²) in [4.78, 5) is 17.2. The van der Waals surface area contributed by atoms with Crippen LogP contribution in [0.5, 0.6) is 11.5 Å². The molecule has 4 rings (SSSR count). The number of hydrogen-bond acceptors (Lipinski definition) is 8. The molecule has 1 aliphatic rings. The number of piperazine rings is 1. The number of nitrogens with zero attached hydrogens (tertiary/aromatic N) is 5. The number of anilines is 1. The van der Waals surface area contributed by atoms with Crippen LogP contribution in [0.2, 0.25) is 0 Å². The molecule has 1 fully saturated rings. The van der Waals surface area contributed by atoms with Crippen molar-refractivity contribution >= 4 is 21.7 Å². The molecule has 3 aromatic rings. The average Bonchev–Trinajstić information content (AvgIpc) is 2.99. The van der Waals surface area contributed by atoms with Gasteiger partial charge in [0, 0.05) is 44.4 Å². The molecule has 0 bridgehead atoms. The molecule has 0 spiro atoms. The number of aryl methyl sites for hydroxylation is 1. The molecule has 1 aliphatic heterocycles. The van der Waals surface area contributed by atoms with Gasteiger partial charge in [0.2, 0.25) is 15.9 Å². The molecule has 0 radical (unpaired) electrons. The second-order valence-corrected chi connectivity index (χ2v) is 11.7. The fourth-order valence-electron chi connectivity index (χ4n) is 4.56. The molecule has 1 amide bonds. The lowest BCUT2D eigenvalue weighted by Crippen LogP contribution is -2.52. The van der Waals surface area contributed by atoms with E-state index < -0.39 is 10.0 Å². The summed E-state index contributed by atoms with van der Waals surface area (Å²) in [5, 5.41) is 8.82. The SMILES string of the molecule is CCCCN(CC(=O)N1CCN(c2ccc(-c3ccc(OC)cc3OC)nn2)CC1)S(=O)(=O)c1ccc(C)cc1. The molecule has 0 aliphatic carbocycles. The van der Waals surface area contributed by atoms with Crippen LogP contribution in [0, 0.1) is 6.92 Å². The zero-order valence-corrected chi connectivity index (χ0v) is 24.4. The monoisotopic (exact) mass is 567 g/mol. The Balaban J connectivity index is 1.39. The molecule has 11 heteroatoms. The van der Waals surface area contributed by atoms with Gasteiger partial charge in [-0.2, -0.15) is 4.31 Å². The number of unbranched alkanes of at least 4 members (excludes halogenated alkanes) is 1. The summed E-state index contributed by atoms with van der Waals surface area (Å²) >= 11 is 0. The second-order valence-electron chi connectivity index (χ2n) is 9.72. The van der Waals surface area contributed by atoms with Gasteiger partial charge in [0.05, 0.1) is 31.4 Å². The summed E-state index contributed by atoms with van der Waals surface area (Å²) in [5.41, 5.74) is 2.47. The van der Waals surface area contributed by atoms with Crippen LogP contribution < -0.4 is 14.4 Å². The van der Waals surface area contributed by atoms with Gasteiger partial charge < -0.3 is 19.3 Å². The molecule has 0 N–H and O–H groups in total. The third kappa shape index (κ3) is 6.71. The first-order valence-electron chi connectivity index (χ1n) is 13.4. The Bertz CT molecular complexity index is 1390. The Kier molecular flexibility index (Phi) is 9.59. The van der Waals surface area contributed by atoms with Crippen molar-refractivity contribution in [2.45, 2.75) is 31.6 Å². The summed E-state index contributed by atoms with van der Waals surface area (Å²) in [5.74, 6) is 1.86. The Labute approximate surface area is 236 Å². The molecule has 0 saturated carbocycles. The molecule has 0 unspecified atom stereocenters. The second kappa shape index (κ2) is 13.1. The first-order valence-corrected chi connectivity index (χ1v) is 14.9. The minimum Gasteiger partial charge on any atom is -0.497 e. The maximum absolute atomic E-state index is 13.3. The summed E-state index contributed by atoms with van der Waals surface area (Å²) in [6.45, 7) is 6.14. The molecule has 10 nitrogen and oxygen atoms in total. The van der Waals surface area contributed by atoms with Gasteiger partial charge >= 0.3 is 0 Å². The van der Waals surface area contributed by atoms with Gasteiger partial charge in [-0.1, -0.05) is 31.0 Å². The van der Waals surface area contributed by atoms with Crippen LogP contribution >= 0.6 is 0 Å². The number of hydrogen-bond donors (Lipinski definition) is 0. The van der Waals surface area contributed by atoms with Gasteiger partial charge in [0.1, 0.15) is 11.5 Å². The highest BCUT2D eigenvalue weighted by Gasteiger charge is 2.29. The third-order valence-corrected chi connectivity index (χ3v) is 8.88. The molecule has 0 atom stereocenters. The summed E-state index contributed by atoms with van der Waals surface area (Å²) in [6.07, 6.45) is 1.51. The van der Waals surface area contributed by atoms with Crippen LogP contribution in [-0.2, 0) is 14.8 Å². The van der Waals surface area contributed by atoms with Gasteiger partial charge in [-0.15, -0.1) is 10.2 Å². The van der Waals surface area contributed by atoms with Gasteiger partial charge in [-0.3, -0.25) is 4.79 Å². The number of ether oxygens (including phenoxy) is 2. The van der Waals surface area contributed by atoms with E-state index in [1.807, 2.05) is 38.1 Å². The van der Waals surface area contributed by atoms with E-state index in [9.17, 15) is 13.2 Å². The highest BCUT2D eigenvalue weighted by Crippen LogP contribution is 2.32. The normalized spacial score (nSPS) is 13.9. The van der Waals surface area contributed by atoms with Gasteiger partial charge in [0.15, 0.2) is 5.82 Å². The Morgan fingerprint density at radius 1 is 0.950 bits per heavy atom. The molecule has 1 saturated heterocycles. The minimum absolute atomic E-state index is 0.172. The standard InChI is InChI=1S/C29H37N5O5S/c1-5-6-15-34(40(36,37)24-10-7-22(2)8-11-24)21-29(35)33-18-16-32(17-19-33)28-14-13-26(30-31-28)25-12-9-23(38-3)20-27(25)39-4/h7-14,20H,5-6,15-19,21H2,1-4H3. The average molecular weight is 568 g/mol. The van der Waals surface area contributed by atoms with Crippen LogP contribution in [0.3, 0.4) is 0 Å². The zero-order chi connectivity index (χ0) is 28.7. The smallest absolute Gasteiger partial charge is 0.243 e. The van der Waals surface area contributed by atoms with E-state index in [2.05, 4.69) is 15.1 Å². The number of sulfonamides is 1. The molecular formula is C29H37N5O5S. The highest BCUT2D eigenvalue weighted by atomic mass is 32.2. The maximum Gasteiger partial charge on any atom is 0.243 e. The molecule has 1 aromatic heterocycles. The zero-order valence-electron chi connectivity index (χ0n) is 23.5. The van der Waals surface area contributed by atoms with Crippen molar-refractivity contribution in [3.05, 3.63) is 60.2 Å². The molecule has 2 heterocycles. The number of carbonyl (C=O) groups excluding carboxylic acids is 1. The number of benzene rings is 2. The lowest BCUT2D eigenvalue weighted by Gasteiger charge is -2.36. The summed E-state index contributed by atoms with van der Waals surface area (Å²) in [6, 6.07) is 16.1. The first kappa shape index (κ1) is 29.3. The number of rotatable bonds is 11. The fourth-order valence-corrected chi connectivity index (χ4v) is 5.99. The lowest BCUT2D eigenvalue weighted by atomic mass is 10.1. The largest absolute Gasteiger partial charge is 0.497 e. The van der Waals surface area contributed by atoms with Crippen LogP contribution in [0.4, 0.5) is 5.82 Å². The van der Waals surface area contributed by atoms with Crippen LogP contribution in [0.15, 0.2) is 59.5 Å². The van der Waals surface area contributed by atoms with E-state index in [0.717, 1.165) is 23.4 Å². The van der Waals surface area contributed by atoms with Crippen molar-refractivity contribution in [2.75, 3.05) is 58.4 Å². The van der Waals surface area contributed by atoms with Crippen LogP contribution in [0.1, 0.15) is 25.3 Å². The summed E-state index contributed by atoms with van der Waals surface area (Å²) < 4.78 is 38.7. The fraction of sp³-hybridized carbons (Fsp3) is 0.414. The van der Waals surface area contributed by atoms with E-state index >= 15 is 0 Å². The summed E-state index contributed by atoms with van der Waals surface area (Å²) in [7, 11) is -0.570. The molecule has 214 valence electrons. The quantitative estimate of drug-likeness (QED) is 0.346. The lowest BCUT2D eigenvalue weighted by molar-refractivity contribution is -0.131. The van der Waals surface area contributed by atoms with Crippen LogP contribution in [0.25, 0.3) is 11.3 Å². The van der Waals surface area contributed by atoms with E-state index in [4.69, 9.17) is 9.47 Å². The number of amides is 1. The molecular weight excluding hydrogens is 530 g/mol. The Hall–Kier alpha value is -3.70. The van der Waals surface area contributed by atoms with Crippen molar-refractivity contribution in [1.82, 2.24) is 19.4 Å². The minimum atomic E-state index is -3.77. The topological polar surface area (TPSA) is 105 Å². The van der Waals surface area contributed by atoms with Crippen molar-refractivity contribution in [3.63, 3.8) is 0 Å². The van der Waals surface area contributed by atoms with Gasteiger partial charge in [-0.05, 0) is 49.7 Å². The van der Waals surface area contributed by atoms with Gasteiger partial charge in [-0.25, -0.2) is 8.42 Å². The predicted octanol–water partition coefficient (Wildman–Crippen LogP) is 3.61.